The molecule has 0 bridgehead atoms. The van der Waals surface area contributed by atoms with Gasteiger partial charge in [-0.1, -0.05) is 46.3 Å². The molecule has 0 saturated carbocycles. The van der Waals surface area contributed by atoms with Gasteiger partial charge >= 0.3 is 0 Å². The van der Waals surface area contributed by atoms with E-state index in [4.69, 9.17) is 5.73 Å². The lowest BCUT2D eigenvalue weighted by Gasteiger charge is -2.22. The van der Waals surface area contributed by atoms with Gasteiger partial charge in [0.2, 0.25) is 0 Å². The van der Waals surface area contributed by atoms with Crippen LogP contribution >= 0.6 is 27.3 Å². The highest BCUT2D eigenvalue weighted by atomic mass is 79.9. The molecule has 2 atom stereocenters. The number of halogens is 1. The van der Waals surface area contributed by atoms with Crippen LogP contribution in [0.4, 0.5) is 0 Å². The third kappa shape index (κ3) is 2.90. The smallest absolute Gasteiger partial charge is 0.0884 e. The molecule has 2 unspecified atom stereocenters. The minimum Gasteiger partial charge on any atom is -0.388 e. The van der Waals surface area contributed by atoms with Crippen molar-refractivity contribution in [3.63, 3.8) is 0 Å². The number of fused-ring (bicyclic) bond motifs is 1. The molecule has 3 aromatic rings. The van der Waals surface area contributed by atoms with Crippen LogP contribution in [-0.4, -0.2) is 11.7 Å². The summed E-state index contributed by atoms with van der Waals surface area (Å²) in [5, 5.41) is 14.0. The minimum absolute atomic E-state index is 0.111. The van der Waals surface area contributed by atoms with Crippen molar-refractivity contribution >= 4 is 37.4 Å². The zero-order valence-corrected chi connectivity index (χ0v) is 13.8. The van der Waals surface area contributed by atoms with Crippen molar-refractivity contribution < 1.29 is 5.11 Å². The molecule has 1 heterocycles. The van der Waals surface area contributed by atoms with Crippen LogP contribution in [0.5, 0.6) is 0 Å². The lowest BCUT2D eigenvalue weighted by molar-refractivity contribution is 0.149. The predicted molar refractivity (Wildman–Crippen MR) is 92.7 cm³/mol. The van der Waals surface area contributed by atoms with Crippen molar-refractivity contribution in [2.45, 2.75) is 12.0 Å². The lowest BCUT2D eigenvalue weighted by atomic mass is 9.89. The van der Waals surface area contributed by atoms with Gasteiger partial charge in [0.05, 0.1) is 6.10 Å². The second-order valence-electron chi connectivity index (χ2n) is 5.03. The average Bonchev–Trinajstić information content (AvgIpc) is 2.92. The van der Waals surface area contributed by atoms with Crippen molar-refractivity contribution in [2.24, 2.45) is 5.73 Å². The number of hydrogen-bond donors (Lipinski definition) is 2. The Morgan fingerprint density at radius 3 is 2.71 bits per heavy atom. The second kappa shape index (κ2) is 6.28. The van der Waals surface area contributed by atoms with E-state index in [1.807, 2.05) is 41.8 Å². The number of benzene rings is 2. The fraction of sp³-hybridized carbons (Fsp3) is 0.176. The summed E-state index contributed by atoms with van der Waals surface area (Å²) in [6.45, 7) is 0.405. The first-order chi connectivity index (χ1) is 10.2. The molecule has 0 aliphatic rings. The molecule has 1 aromatic heterocycles. The Kier molecular flexibility index (Phi) is 4.40. The van der Waals surface area contributed by atoms with Gasteiger partial charge in [0.25, 0.3) is 0 Å². The molecule has 2 aromatic carbocycles. The van der Waals surface area contributed by atoms with Crippen LogP contribution < -0.4 is 5.73 Å². The van der Waals surface area contributed by atoms with E-state index in [1.54, 1.807) is 11.3 Å². The van der Waals surface area contributed by atoms with Crippen molar-refractivity contribution in [3.8, 4) is 0 Å². The minimum atomic E-state index is -0.597. The van der Waals surface area contributed by atoms with Crippen molar-refractivity contribution in [1.82, 2.24) is 0 Å². The number of hydrogen-bond acceptors (Lipinski definition) is 3. The van der Waals surface area contributed by atoms with Gasteiger partial charge in [0.1, 0.15) is 0 Å². The predicted octanol–water partition coefficient (Wildman–Crippen LogP) is 4.44. The van der Waals surface area contributed by atoms with Crippen LogP contribution in [0.2, 0.25) is 0 Å². The van der Waals surface area contributed by atoms with Crippen LogP contribution in [0.15, 0.2) is 58.4 Å². The van der Waals surface area contributed by atoms with E-state index in [0.717, 1.165) is 21.0 Å². The normalized spacial score (nSPS) is 14.2. The molecule has 2 nitrogen and oxygen atoms in total. The zero-order valence-electron chi connectivity index (χ0n) is 11.4. The third-order valence-electron chi connectivity index (χ3n) is 3.74. The first-order valence-corrected chi connectivity index (χ1v) is 8.47. The Labute approximate surface area is 136 Å². The summed E-state index contributed by atoms with van der Waals surface area (Å²) < 4.78 is 2.19. The summed E-state index contributed by atoms with van der Waals surface area (Å²) in [5.74, 6) is -0.111. The number of rotatable bonds is 4. The summed E-state index contributed by atoms with van der Waals surface area (Å²) in [4.78, 5) is 0. The largest absolute Gasteiger partial charge is 0.388 e. The van der Waals surface area contributed by atoms with Crippen LogP contribution in [0.3, 0.4) is 0 Å². The van der Waals surface area contributed by atoms with Crippen LogP contribution in [0.25, 0.3) is 10.1 Å². The number of aliphatic hydroxyl groups excluding tert-OH is 1. The quantitative estimate of drug-likeness (QED) is 0.721. The highest BCUT2D eigenvalue weighted by Crippen LogP contribution is 2.37. The Bertz CT molecular complexity index is 755. The molecule has 0 aliphatic carbocycles. The molecule has 0 saturated heterocycles. The Morgan fingerprint density at radius 2 is 1.95 bits per heavy atom. The van der Waals surface area contributed by atoms with Crippen molar-refractivity contribution in [2.75, 3.05) is 6.54 Å². The van der Waals surface area contributed by atoms with Crippen LogP contribution in [-0.2, 0) is 0 Å². The van der Waals surface area contributed by atoms with Crippen molar-refractivity contribution in [3.05, 3.63) is 69.5 Å². The highest BCUT2D eigenvalue weighted by Gasteiger charge is 2.24. The van der Waals surface area contributed by atoms with Gasteiger partial charge in [-0.05, 0) is 40.1 Å². The molecule has 3 N–H and O–H groups in total. The topological polar surface area (TPSA) is 46.2 Å². The van der Waals surface area contributed by atoms with Gasteiger partial charge in [-0.2, -0.15) is 0 Å². The standard InChI is InChI=1S/C17H16BrNOS/c18-12-5-3-4-11(8-12)14(9-19)17(20)15-10-21-16-7-2-1-6-13(15)16/h1-8,10,14,17,20H,9,19H2. The Hall–Kier alpha value is -1.20. The van der Waals surface area contributed by atoms with Gasteiger partial charge in [0, 0.05) is 21.6 Å². The fourth-order valence-corrected chi connectivity index (χ4v) is 4.04. The molecular formula is C17H16BrNOS. The van der Waals surface area contributed by atoms with E-state index in [1.165, 1.54) is 4.70 Å². The van der Waals surface area contributed by atoms with E-state index in [0.29, 0.717) is 6.54 Å². The third-order valence-corrected chi connectivity index (χ3v) is 5.22. The summed E-state index contributed by atoms with van der Waals surface area (Å²) in [7, 11) is 0. The first-order valence-electron chi connectivity index (χ1n) is 6.80. The van der Waals surface area contributed by atoms with Crippen molar-refractivity contribution in [1.29, 1.82) is 0 Å². The SMILES string of the molecule is NCC(c1cccc(Br)c1)C(O)c1csc2ccccc12. The number of nitrogens with two attached hydrogens (primary N) is 1. The molecular weight excluding hydrogens is 346 g/mol. The van der Waals surface area contributed by atoms with Crippen LogP contribution in [0, 0.1) is 0 Å². The molecule has 0 fully saturated rings. The molecule has 0 radical (unpaired) electrons. The van der Waals surface area contributed by atoms with Crippen LogP contribution in [0.1, 0.15) is 23.1 Å². The average molecular weight is 362 g/mol. The fourth-order valence-electron chi connectivity index (χ4n) is 2.63. The van der Waals surface area contributed by atoms with E-state index in [9.17, 15) is 5.11 Å². The van der Waals surface area contributed by atoms with Gasteiger partial charge in [-0.25, -0.2) is 0 Å². The summed E-state index contributed by atoms with van der Waals surface area (Å²) in [6.07, 6.45) is -0.597. The van der Waals surface area contributed by atoms with E-state index in [-0.39, 0.29) is 5.92 Å². The van der Waals surface area contributed by atoms with E-state index in [2.05, 4.69) is 28.1 Å². The molecule has 21 heavy (non-hydrogen) atoms. The molecule has 0 aliphatic heterocycles. The molecule has 3 rings (SSSR count). The van der Waals surface area contributed by atoms with Gasteiger partial charge < -0.3 is 10.8 Å². The number of thiophene rings is 1. The lowest BCUT2D eigenvalue weighted by Crippen LogP contribution is -2.20. The maximum Gasteiger partial charge on any atom is 0.0884 e. The van der Waals surface area contributed by atoms with Gasteiger partial charge in [-0.15, -0.1) is 11.3 Å². The molecule has 0 amide bonds. The van der Waals surface area contributed by atoms with Gasteiger partial charge in [0.15, 0.2) is 0 Å². The van der Waals surface area contributed by atoms with E-state index >= 15 is 0 Å². The first kappa shape index (κ1) is 14.7. The number of aliphatic hydroxyl groups is 1. The zero-order chi connectivity index (χ0) is 14.8. The maximum absolute atomic E-state index is 10.8. The summed E-state index contributed by atoms with van der Waals surface area (Å²) in [6, 6.07) is 16.1. The molecule has 0 spiro atoms. The second-order valence-corrected chi connectivity index (χ2v) is 6.86. The summed E-state index contributed by atoms with van der Waals surface area (Å²) >= 11 is 5.14. The van der Waals surface area contributed by atoms with Gasteiger partial charge in [-0.3, -0.25) is 0 Å². The molecule has 108 valence electrons. The highest BCUT2D eigenvalue weighted by molar-refractivity contribution is 9.10. The Balaban J connectivity index is 2.01. The summed E-state index contributed by atoms with van der Waals surface area (Å²) in [5.41, 5.74) is 7.95. The Morgan fingerprint density at radius 1 is 1.14 bits per heavy atom. The van der Waals surface area contributed by atoms with E-state index < -0.39 is 6.10 Å². The molecule has 4 heteroatoms. The maximum atomic E-state index is 10.8. The monoisotopic (exact) mass is 361 g/mol.